The Hall–Kier alpha value is -3.09. The maximum Gasteiger partial charge on any atom is 0.166 e. The molecule has 0 spiro atoms. The molecule has 2 N–H and O–H groups in total. The van der Waals surface area contributed by atoms with Crippen LogP contribution >= 0.6 is 0 Å². The molecular weight excluding hydrogens is 309 g/mol. The van der Waals surface area contributed by atoms with Crippen LogP contribution in [0.25, 0.3) is 11.3 Å². The van der Waals surface area contributed by atoms with Crippen molar-refractivity contribution in [1.29, 1.82) is 0 Å². The van der Waals surface area contributed by atoms with Crippen LogP contribution < -0.4 is 15.4 Å². The fourth-order valence-corrected chi connectivity index (χ4v) is 2.65. The summed E-state index contributed by atoms with van der Waals surface area (Å²) in [5, 5.41) is 10.7. The zero-order valence-electron chi connectivity index (χ0n) is 12.9. The molecule has 1 aliphatic rings. The van der Waals surface area contributed by atoms with Gasteiger partial charge >= 0.3 is 0 Å². The number of rotatable bonds is 0. The molecule has 0 aliphatic carbocycles. The lowest BCUT2D eigenvalue weighted by atomic mass is 10.2. The van der Waals surface area contributed by atoms with E-state index < -0.39 is 0 Å². The molecule has 2 bridgehead atoms. The summed E-state index contributed by atoms with van der Waals surface area (Å²) < 4.78 is 21.0. The van der Waals surface area contributed by atoms with Crippen molar-refractivity contribution in [3.63, 3.8) is 0 Å². The second kappa shape index (κ2) is 5.84. The molecule has 1 aliphatic heterocycles. The van der Waals surface area contributed by atoms with Crippen LogP contribution in [-0.2, 0) is 6.54 Å². The van der Waals surface area contributed by atoms with Crippen molar-refractivity contribution in [3.05, 3.63) is 60.2 Å². The summed E-state index contributed by atoms with van der Waals surface area (Å²) in [6, 6.07) is 6.33. The quantitative estimate of drug-likeness (QED) is 0.665. The number of ether oxygens (including phenoxy) is 1. The zero-order chi connectivity index (χ0) is 16.5. The largest absolute Gasteiger partial charge is 0.491 e. The summed E-state index contributed by atoms with van der Waals surface area (Å²) in [5.74, 6) is 1.03. The number of fused-ring (bicyclic) bond motifs is 2. The third-order valence-corrected chi connectivity index (χ3v) is 3.87. The van der Waals surface area contributed by atoms with Crippen molar-refractivity contribution in [2.45, 2.75) is 6.54 Å². The lowest BCUT2D eigenvalue weighted by Gasteiger charge is -2.13. The van der Waals surface area contributed by atoms with Gasteiger partial charge in [0.05, 0.1) is 11.8 Å². The molecule has 3 aromatic rings. The maximum atomic E-state index is 13.6. The minimum Gasteiger partial charge on any atom is -0.491 e. The molecule has 0 unspecified atom stereocenters. The zero-order valence-corrected chi connectivity index (χ0v) is 12.9. The van der Waals surface area contributed by atoms with Crippen LogP contribution in [-0.4, -0.2) is 27.7 Å². The van der Waals surface area contributed by atoms with Crippen molar-refractivity contribution in [2.24, 2.45) is 0 Å². The van der Waals surface area contributed by atoms with E-state index in [1.54, 1.807) is 16.8 Å². The minimum absolute atomic E-state index is 0.295. The van der Waals surface area contributed by atoms with E-state index in [9.17, 15) is 4.39 Å². The maximum absolute atomic E-state index is 13.6. The molecule has 0 radical (unpaired) electrons. The second-order valence-corrected chi connectivity index (χ2v) is 5.50. The van der Waals surface area contributed by atoms with E-state index in [4.69, 9.17) is 4.74 Å². The molecule has 0 atom stereocenters. The highest BCUT2D eigenvalue weighted by molar-refractivity contribution is 5.73. The predicted molar refractivity (Wildman–Crippen MR) is 89.2 cm³/mol. The fourth-order valence-electron chi connectivity index (χ4n) is 2.65. The number of halogens is 1. The lowest BCUT2D eigenvalue weighted by Crippen LogP contribution is -2.19. The first-order chi connectivity index (χ1) is 11.7. The van der Waals surface area contributed by atoms with Gasteiger partial charge in [0.2, 0.25) is 0 Å². The number of anilines is 1. The Morgan fingerprint density at radius 2 is 2.17 bits per heavy atom. The van der Waals surface area contributed by atoms with Crippen molar-refractivity contribution in [1.82, 2.24) is 19.9 Å². The summed E-state index contributed by atoms with van der Waals surface area (Å²) in [6.45, 7) is 5.46. The highest BCUT2D eigenvalue weighted by Gasteiger charge is 2.12. The van der Waals surface area contributed by atoms with Gasteiger partial charge in [0.15, 0.2) is 5.65 Å². The van der Waals surface area contributed by atoms with Gasteiger partial charge in [-0.1, -0.05) is 6.58 Å². The van der Waals surface area contributed by atoms with E-state index in [1.165, 1.54) is 12.1 Å². The molecule has 0 saturated carbocycles. The van der Waals surface area contributed by atoms with Gasteiger partial charge in [-0.2, -0.15) is 5.10 Å². The van der Waals surface area contributed by atoms with E-state index in [-0.39, 0.29) is 5.82 Å². The number of aromatic nitrogens is 3. The Bertz CT molecular complexity index is 920. The van der Waals surface area contributed by atoms with E-state index in [1.807, 2.05) is 12.3 Å². The van der Waals surface area contributed by atoms with Crippen molar-refractivity contribution >= 4 is 17.2 Å². The Balaban J connectivity index is 1.75. The molecule has 122 valence electrons. The van der Waals surface area contributed by atoms with Crippen LogP contribution in [0.15, 0.2) is 43.2 Å². The Morgan fingerprint density at radius 3 is 3.08 bits per heavy atom. The molecule has 0 amide bonds. The molecule has 6 nitrogen and oxygen atoms in total. The number of nitrogens with zero attached hydrogens (tertiary/aromatic N) is 3. The van der Waals surface area contributed by atoms with Gasteiger partial charge in [-0.3, -0.25) is 0 Å². The van der Waals surface area contributed by atoms with E-state index in [2.05, 4.69) is 27.3 Å². The fraction of sp³-hybridized carbons (Fsp3) is 0.176. The highest BCUT2D eigenvalue weighted by Crippen LogP contribution is 2.22. The summed E-state index contributed by atoms with van der Waals surface area (Å²) in [4.78, 5) is 4.58. The van der Waals surface area contributed by atoms with Crippen molar-refractivity contribution in [3.8, 4) is 5.75 Å². The van der Waals surface area contributed by atoms with Crippen LogP contribution in [0.3, 0.4) is 0 Å². The molecule has 4 rings (SSSR count). The van der Waals surface area contributed by atoms with Crippen LogP contribution in [0.2, 0.25) is 0 Å². The predicted octanol–water partition coefficient (Wildman–Crippen LogP) is 2.43. The summed E-state index contributed by atoms with van der Waals surface area (Å²) >= 11 is 0. The van der Waals surface area contributed by atoms with Gasteiger partial charge in [0.1, 0.15) is 24.0 Å². The highest BCUT2D eigenvalue weighted by atomic mass is 19.1. The van der Waals surface area contributed by atoms with Crippen LogP contribution in [0.4, 0.5) is 10.2 Å². The van der Waals surface area contributed by atoms with Gasteiger partial charge in [0.25, 0.3) is 0 Å². The third-order valence-electron chi connectivity index (χ3n) is 3.87. The number of hydrogen-bond donors (Lipinski definition) is 2. The Morgan fingerprint density at radius 1 is 1.25 bits per heavy atom. The Labute approximate surface area is 138 Å². The van der Waals surface area contributed by atoms with Gasteiger partial charge < -0.3 is 15.4 Å². The second-order valence-electron chi connectivity index (χ2n) is 5.50. The van der Waals surface area contributed by atoms with Crippen LogP contribution in [0.5, 0.6) is 5.75 Å². The van der Waals surface area contributed by atoms with Gasteiger partial charge in [-0.15, -0.1) is 0 Å². The standard InChI is InChI=1S/C17H16FN5O/c1-11-14-10-21-23-6-4-16(22-17(14)23)20-9-12-8-13(18)2-3-15(12)24-7-5-19-11/h2-4,6,8,10,19H,1,5,7,9H2,(H,20,22). The van der Waals surface area contributed by atoms with Crippen molar-refractivity contribution in [2.75, 3.05) is 18.5 Å². The number of nitrogens with one attached hydrogen (secondary N) is 2. The minimum atomic E-state index is -0.295. The summed E-state index contributed by atoms with van der Waals surface area (Å²) in [7, 11) is 0. The van der Waals surface area contributed by atoms with Crippen LogP contribution in [0, 0.1) is 5.82 Å². The average molecular weight is 325 g/mol. The molecule has 7 heteroatoms. The summed E-state index contributed by atoms with van der Waals surface area (Å²) in [6.07, 6.45) is 3.55. The van der Waals surface area contributed by atoms with E-state index in [0.29, 0.717) is 36.9 Å². The van der Waals surface area contributed by atoms with Gasteiger partial charge in [-0.05, 0) is 24.3 Å². The molecule has 0 saturated heterocycles. The van der Waals surface area contributed by atoms with E-state index >= 15 is 0 Å². The number of benzene rings is 1. The Kier molecular flexibility index (Phi) is 3.53. The molecule has 24 heavy (non-hydrogen) atoms. The first kappa shape index (κ1) is 14.5. The lowest BCUT2D eigenvalue weighted by molar-refractivity contribution is 0.318. The normalized spacial score (nSPS) is 14.6. The molecule has 1 aromatic carbocycles. The first-order valence-corrected chi connectivity index (χ1v) is 7.63. The molecular formula is C17H16FN5O. The SMILES string of the molecule is C=C1NCCOc2ccc(F)cc2CNc2ccn3ncc1c3n2. The van der Waals surface area contributed by atoms with Crippen molar-refractivity contribution < 1.29 is 9.13 Å². The topological polar surface area (TPSA) is 63.5 Å². The third kappa shape index (κ3) is 2.64. The van der Waals surface area contributed by atoms with Gasteiger partial charge in [0, 0.05) is 30.5 Å². The first-order valence-electron chi connectivity index (χ1n) is 7.63. The molecule has 2 aromatic heterocycles. The summed E-state index contributed by atoms with van der Waals surface area (Å²) in [5.41, 5.74) is 3.01. The van der Waals surface area contributed by atoms with Crippen LogP contribution in [0.1, 0.15) is 11.1 Å². The monoisotopic (exact) mass is 325 g/mol. The average Bonchev–Trinajstić information content (AvgIpc) is 3.00. The molecule has 3 heterocycles. The molecule has 0 fully saturated rings. The smallest absolute Gasteiger partial charge is 0.166 e. The number of hydrogen-bond acceptors (Lipinski definition) is 5. The van der Waals surface area contributed by atoms with E-state index in [0.717, 1.165) is 16.8 Å². The van der Waals surface area contributed by atoms with Gasteiger partial charge in [-0.25, -0.2) is 13.9 Å².